The van der Waals surface area contributed by atoms with Gasteiger partial charge in [-0.1, -0.05) is 41.1 Å². The summed E-state index contributed by atoms with van der Waals surface area (Å²) in [6.45, 7) is 7.03. The lowest BCUT2D eigenvalue weighted by Gasteiger charge is -2.05. The summed E-state index contributed by atoms with van der Waals surface area (Å²) in [4.78, 5) is 0. The quantitative estimate of drug-likeness (QED) is 0.944. The highest BCUT2D eigenvalue weighted by atomic mass is 79.9. The van der Waals surface area contributed by atoms with Crippen LogP contribution in [-0.2, 0) is 6.54 Å². The molecule has 0 amide bonds. The lowest BCUT2D eigenvalue weighted by molar-refractivity contribution is 0.580. The standard InChI is InChI=1S/C13H17BrN4/c1-9(2)15-7-12-8-18(17-16-12)13-6-11(14)5-4-10(13)3/h4-6,8-9,15H,7H2,1-3H3. The third-order valence-corrected chi connectivity index (χ3v) is 3.14. The van der Waals surface area contributed by atoms with Gasteiger partial charge in [0.25, 0.3) is 0 Å². The summed E-state index contributed by atoms with van der Waals surface area (Å²) in [5.74, 6) is 0. The molecule has 0 spiro atoms. The largest absolute Gasteiger partial charge is 0.309 e. The summed E-state index contributed by atoms with van der Waals surface area (Å²) in [6, 6.07) is 6.58. The molecule has 1 aromatic heterocycles. The Balaban J connectivity index is 2.21. The molecule has 5 heteroatoms. The maximum atomic E-state index is 4.17. The van der Waals surface area contributed by atoms with Gasteiger partial charge in [0.05, 0.1) is 17.6 Å². The molecule has 0 radical (unpaired) electrons. The summed E-state index contributed by atoms with van der Waals surface area (Å²) in [7, 11) is 0. The monoisotopic (exact) mass is 308 g/mol. The third kappa shape index (κ3) is 3.17. The van der Waals surface area contributed by atoms with E-state index >= 15 is 0 Å². The van der Waals surface area contributed by atoms with Crippen molar-refractivity contribution >= 4 is 15.9 Å². The van der Waals surface area contributed by atoms with E-state index in [1.165, 1.54) is 5.56 Å². The average molecular weight is 309 g/mol. The van der Waals surface area contributed by atoms with E-state index < -0.39 is 0 Å². The highest BCUT2D eigenvalue weighted by Gasteiger charge is 2.06. The van der Waals surface area contributed by atoms with E-state index in [0.717, 1.165) is 22.4 Å². The molecule has 0 atom stereocenters. The van der Waals surface area contributed by atoms with Crippen molar-refractivity contribution < 1.29 is 0 Å². The van der Waals surface area contributed by atoms with E-state index in [0.29, 0.717) is 6.04 Å². The molecule has 96 valence electrons. The summed E-state index contributed by atoms with van der Waals surface area (Å²) in [6.07, 6.45) is 1.96. The van der Waals surface area contributed by atoms with Gasteiger partial charge in [-0.2, -0.15) is 0 Å². The number of halogens is 1. The van der Waals surface area contributed by atoms with Gasteiger partial charge in [0.1, 0.15) is 0 Å². The maximum absolute atomic E-state index is 4.17. The van der Waals surface area contributed by atoms with Crippen LogP contribution in [0.15, 0.2) is 28.9 Å². The molecule has 2 aromatic rings. The highest BCUT2D eigenvalue weighted by Crippen LogP contribution is 2.19. The number of nitrogens with one attached hydrogen (secondary N) is 1. The van der Waals surface area contributed by atoms with E-state index in [1.54, 1.807) is 0 Å². The zero-order valence-electron chi connectivity index (χ0n) is 10.8. The predicted octanol–water partition coefficient (Wildman–Crippen LogP) is 2.84. The maximum Gasteiger partial charge on any atom is 0.0969 e. The molecule has 0 aliphatic heterocycles. The van der Waals surface area contributed by atoms with Crippen LogP contribution in [0.3, 0.4) is 0 Å². The molecule has 18 heavy (non-hydrogen) atoms. The molecular weight excluding hydrogens is 292 g/mol. The van der Waals surface area contributed by atoms with Crippen LogP contribution >= 0.6 is 15.9 Å². The van der Waals surface area contributed by atoms with Gasteiger partial charge in [0.2, 0.25) is 0 Å². The molecule has 0 aliphatic rings. The fraction of sp³-hybridized carbons (Fsp3) is 0.385. The Morgan fingerprint density at radius 3 is 2.89 bits per heavy atom. The first-order chi connectivity index (χ1) is 8.56. The Morgan fingerprint density at radius 2 is 2.17 bits per heavy atom. The van der Waals surface area contributed by atoms with E-state index in [1.807, 2.05) is 23.0 Å². The molecule has 4 nitrogen and oxygen atoms in total. The Labute approximate surface area is 116 Å². The van der Waals surface area contributed by atoms with Crippen LogP contribution in [0.5, 0.6) is 0 Å². The van der Waals surface area contributed by atoms with Gasteiger partial charge in [-0.25, -0.2) is 4.68 Å². The molecular formula is C13H17BrN4. The van der Waals surface area contributed by atoms with Crippen LogP contribution in [0.4, 0.5) is 0 Å². The first-order valence-corrected chi connectivity index (χ1v) is 6.76. The first-order valence-electron chi connectivity index (χ1n) is 5.97. The van der Waals surface area contributed by atoms with Crippen LogP contribution in [0.25, 0.3) is 5.69 Å². The van der Waals surface area contributed by atoms with Crippen molar-refractivity contribution in [2.45, 2.75) is 33.4 Å². The number of aromatic nitrogens is 3. The molecule has 1 aromatic carbocycles. The van der Waals surface area contributed by atoms with Crippen LogP contribution in [0, 0.1) is 6.92 Å². The third-order valence-electron chi connectivity index (χ3n) is 2.65. The summed E-state index contributed by atoms with van der Waals surface area (Å²) in [5.41, 5.74) is 3.17. The Morgan fingerprint density at radius 1 is 1.39 bits per heavy atom. The van der Waals surface area contributed by atoms with Gasteiger partial charge < -0.3 is 5.32 Å². The van der Waals surface area contributed by atoms with Crippen molar-refractivity contribution in [3.63, 3.8) is 0 Å². The molecule has 0 saturated carbocycles. The first kappa shape index (κ1) is 13.2. The number of hydrogen-bond acceptors (Lipinski definition) is 3. The second kappa shape index (κ2) is 5.63. The zero-order chi connectivity index (χ0) is 13.1. The van der Waals surface area contributed by atoms with Gasteiger partial charge >= 0.3 is 0 Å². The zero-order valence-corrected chi connectivity index (χ0v) is 12.4. The summed E-state index contributed by atoms with van der Waals surface area (Å²) < 4.78 is 2.86. The van der Waals surface area contributed by atoms with E-state index in [4.69, 9.17) is 0 Å². The second-order valence-electron chi connectivity index (χ2n) is 4.62. The minimum Gasteiger partial charge on any atom is -0.309 e. The molecule has 0 saturated heterocycles. The van der Waals surface area contributed by atoms with Crippen molar-refractivity contribution in [3.8, 4) is 5.69 Å². The number of benzene rings is 1. The summed E-state index contributed by atoms with van der Waals surface area (Å²) >= 11 is 3.48. The van der Waals surface area contributed by atoms with Gasteiger partial charge in [-0.05, 0) is 24.6 Å². The van der Waals surface area contributed by atoms with Crippen molar-refractivity contribution in [3.05, 3.63) is 40.1 Å². The van der Waals surface area contributed by atoms with Crippen molar-refractivity contribution in [2.75, 3.05) is 0 Å². The van der Waals surface area contributed by atoms with E-state index in [9.17, 15) is 0 Å². The number of aryl methyl sites for hydroxylation is 1. The Bertz CT molecular complexity index is 534. The fourth-order valence-corrected chi connectivity index (χ4v) is 1.98. The lowest BCUT2D eigenvalue weighted by Crippen LogP contribution is -2.21. The predicted molar refractivity (Wildman–Crippen MR) is 75.8 cm³/mol. The molecule has 1 heterocycles. The normalized spacial score (nSPS) is 11.2. The minimum absolute atomic E-state index is 0.447. The van der Waals surface area contributed by atoms with Gasteiger partial charge in [-0.15, -0.1) is 5.10 Å². The molecule has 1 N–H and O–H groups in total. The van der Waals surface area contributed by atoms with Crippen molar-refractivity contribution in [2.24, 2.45) is 0 Å². The fourth-order valence-electron chi connectivity index (χ4n) is 1.64. The van der Waals surface area contributed by atoms with Crippen molar-refractivity contribution in [1.82, 2.24) is 20.3 Å². The number of rotatable bonds is 4. The topological polar surface area (TPSA) is 42.7 Å². The second-order valence-corrected chi connectivity index (χ2v) is 5.54. The SMILES string of the molecule is Cc1ccc(Br)cc1-n1cc(CNC(C)C)nn1. The van der Waals surface area contributed by atoms with Crippen LogP contribution in [0.2, 0.25) is 0 Å². The van der Waals surface area contributed by atoms with E-state index in [-0.39, 0.29) is 0 Å². The Kier molecular flexibility index (Phi) is 4.14. The number of hydrogen-bond donors (Lipinski definition) is 1. The van der Waals surface area contributed by atoms with Crippen LogP contribution < -0.4 is 5.32 Å². The molecule has 0 unspecified atom stereocenters. The molecule has 2 rings (SSSR count). The molecule has 0 fully saturated rings. The van der Waals surface area contributed by atoms with Crippen LogP contribution in [0.1, 0.15) is 25.1 Å². The average Bonchev–Trinajstić information content (AvgIpc) is 2.78. The van der Waals surface area contributed by atoms with Crippen molar-refractivity contribution in [1.29, 1.82) is 0 Å². The molecule has 0 aliphatic carbocycles. The smallest absolute Gasteiger partial charge is 0.0969 e. The van der Waals surface area contributed by atoms with Crippen LogP contribution in [-0.4, -0.2) is 21.0 Å². The molecule has 0 bridgehead atoms. The highest BCUT2D eigenvalue weighted by molar-refractivity contribution is 9.10. The van der Waals surface area contributed by atoms with Gasteiger partial charge in [0.15, 0.2) is 0 Å². The number of nitrogens with zero attached hydrogens (tertiary/aromatic N) is 3. The van der Waals surface area contributed by atoms with Gasteiger partial charge in [0, 0.05) is 17.1 Å². The summed E-state index contributed by atoms with van der Waals surface area (Å²) in [5, 5.41) is 11.7. The van der Waals surface area contributed by atoms with Gasteiger partial charge in [-0.3, -0.25) is 0 Å². The van der Waals surface area contributed by atoms with E-state index in [2.05, 4.69) is 58.4 Å². The Hall–Kier alpha value is -1.20. The lowest BCUT2D eigenvalue weighted by atomic mass is 10.2. The minimum atomic E-state index is 0.447.